The molecule has 0 saturated heterocycles. The number of rotatable bonds is 5. The average Bonchev–Trinajstić information content (AvgIpc) is 2.27. The Bertz CT molecular complexity index is 524. The molecule has 0 heterocycles. The van der Waals surface area contributed by atoms with Crippen LogP contribution in [0.1, 0.15) is 19.4 Å². The highest BCUT2D eigenvalue weighted by molar-refractivity contribution is 7.89. The molecule has 0 aliphatic heterocycles. The molecule has 0 bridgehead atoms. The minimum atomic E-state index is -3.71. The van der Waals surface area contributed by atoms with Gasteiger partial charge in [0.2, 0.25) is 16.1 Å². The summed E-state index contributed by atoms with van der Waals surface area (Å²) in [4.78, 5) is 10.2. The molecular formula is C11H16N2O4S. The van der Waals surface area contributed by atoms with Gasteiger partial charge in [0.15, 0.2) is 0 Å². The Morgan fingerprint density at radius 1 is 1.22 bits per heavy atom. The van der Waals surface area contributed by atoms with E-state index in [9.17, 15) is 18.5 Å². The van der Waals surface area contributed by atoms with Crippen molar-refractivity contribution in [3.8, 4) is 0 Å². The summed E-state index contributed by atoms with van der Waals surface area (Å²) in [7, 11) is -3.71. The largest absolute Gasteiger partial charge is 0.264 e. The van der Waals surface area contributed by atoms with Gasteiger partial charge in [-0.3, -0.25) is 10.1 Å². The molecule has 0 radical (unpaired) electrons. The zero-order chi connectivity index (χ0) is 13.9. The number of nitro groups is 1. The van der Waals surface area contributed by atoms with Crippen LogP contribution in [0, 0.1) is 17.0 Å². The van der Waals surface area contributed by atoms with Gasteiger partial charge in [0.1, 0.15) is 0 Å². The SMILES string of the molecule is Cc1ccc(S(=O)(=O)N[C@@H](C)C(C)[N+](=O)[O-])cc1. The quantitative estimate of drug-likeness (QED) is 0.646. The highest BCUT2D eigenvalue weighted by Gasteiger charge is 2.27. The number of nitrogens with one attached hydrogen (secondary N) is 1. The van der Waals surface area contributed by atoms with Crippen molar-refractivity contribution < 1.29 is 13.3 Å². The first kappa shape index (κ1) is 14.6. The van der Waals surface area contributed by atoms with Crippen molar-refractivity contribution in [3.05, 3.63) is 39.9 Å². The predicted molar refractivity (Wildman–Crippen MR) is 67.4 cm³/mol. The van der Waals surface area contributed by atoms with Gasteiger partial charge in [-0.25, -0.2) is 13.1 Å². The first-order valence-electron chi connectivity index (χ1n) is 5.46. The van der Waals surface area contributed by atoms with E-state index in [2.05, 4.69) is 4.72 Å². The Hall–Kier alpha value is -1.47. The summed E-state index contributed by atoms with van der Waals surface area (Å²) in [6.45, 7) is 4.68. The van der Waals surface area contributed by atoms with Gasteiger partial charge in [-0.2, -0.15) is 0 Å². The second-order valence-corrected chi connectivity index (χ2v) is 5.96. The fourth-order valence-electron chi connectivity index (χ4n) is 1.31. The number of benzene rings is 1. The number of aryl methyl sites for hydroxylation is 1. The van der Waals surface area contributed by atoms with Gasteiger partial charge in [-0.15, -0.1) is 0 Å². The average molecular weight is 272 g/mol. The van der Waals surface area contributed by atoms with Crippen LogP contribution in [0.2, 0.25) is 0 Å². The first-order valence-corrected chi connectivity index (χ1v) is 6.95. The monoisotopic (exact) mass is 272 g/mol. The molecule has 6 nitrogen and oxygen atoms in total. The van der Waals surface area contributed by atoms with E-state index in [0.717, 1.165) is 5.56 Å². The highest BCUT2D eigenvalue weighted by Crippen LogP contribution is 2.11. The number of hydrogen-bond donors (Lipinski definition) is 1. The van der Waals surface area contributed by atoms with Crippen molar-refractivity contribution in [1.29, 1.82) is 0 Å². The summed E-state index contributed by atoms with van der Waals surface area (Å²) >= 11 is 0. The van der Waals surface area contributed by atoms with Crippen molar-refractivity contribution in [2.45, 2.75) is 37.8 Å². The maximum Gasteiger partial charge on any atom is 0.241 e. The molecule has 7 heteroatoms. The third kappa shape index (κ3) is 3.51. The van der Waals surface area contributed by atoms with E-state index in [1.54, 1.807) is 12.1 Å². The van der Waals surface area contributed by atoms with Crippen LogP contribution in [0.4, 0.5) is 0 Å². The molecule has 1 rings (SSSR count). The molecule has 0 aliphatic carbocycles. The lowest BCUT2D eigenvalue weighted by atomic mass is 10.2. The van der Waals surface area contributed by atoms with Crippen LogP contribution in [-0.4, -0.2) is 25.4 Å². The molecule has 0 aliphatic rings. The molecule has 1 unspecified atom stereocenters. The number of nitrogens with zero attached hydrogens (tertiary/aromatic N) is 1. The van der Waals surface area contributed by atoms with E-state index in [-0.39, 0.29) is 4.90 Å². The Balaban J connectivity index is 2.89. The van der Waals surface area contributed by atoms with E-state index in [1.807, 2.05) is 6.92 Å². The number of sulfonamides is 1. The van der Waals surface area contributed by atoms with Gasteiger partial charge < -0.3 is 0 Å². The van der Waals surface area contributed by atoms with Gasteiger partial charge in [-0.1, -0.05) is 17.7 Å². The van der Waals surface area contributed by atoms with Crippen molar-refractivity contribution in [2.75, 3.05) is 0 Å². The fraction of sp³-hybridized carbons (Fsp3) is 0.455. The summed E-state index contributed by atoms with van der Waals surface area (Å²) < 4.78 is 26.2. The molecule has 1 N–H and O–H groups in total. The van der Waals surface area contributed by atoms with E-state index in [0.29, 0.717) is 0 Å². The molecule has 1 aromatic rings. The maximum atomic E-state index is 11.9. The van der Waals surface area contributed by atoms with E-state index in [1.165, 1.54) is 26.0 Å². The van der Waals surface area contributed by atoms with Crippen LogP contribution in [0.5, 0.6) is 0 Å². The molecule has 2 atom stereocenters. The smallest absolute Gasteiger partial charge is 0.241 e. The summed E-state index contributed by atoms with van der Waals surface area (Å²) in [6.07, 6.45) is 0. The van der Waals surface area contributed by atoms with E-state index >= 15 is 0 Å². The molecule has 18 heavy (non-hydrogen) atoms. The van der Waals surface area contributed by atoms with Gasteiger partial charge in [0.05, 0.1) is 10.9 Å². The normalized spacial score (nSPS) is 15.1. The summed E-state index contributed by atoms with van der Waals surface area (Å²) in [5.41, 5.74) is 0.945. The van der Waals surface area contributed by atoms with Crippen molar-refractivity contribution in [1.82, 2.24) is 4.72 Å². The standard InChI is InChI=1S/C11H16N2O4S/c1-8-4-6-11(7-5-8)18(16,17)12-9(2)10(3)13(14)15/h4-7,9-10,12H,1-3H3/t9-,10?/m0/s1. The minimum absolute atomic E-state index is 0.107. The van der Waals surface area contributed by atoms with Crippen molar-refractivity contribution in [2.24, 2.45) is 0 Å². The van der Waals surface area contributed by atoms with Crippen molar-refractivity contribution in [3.63, 3.8) is 0 Å². The lowest BCUT2D eigenvalue weighted by Gasteiger charge is -2.15. The highest BCUT2D eigenvalue weighted by atomic mass is 32.2. The zero-order valence-electron chi connectivity index (χ0n) is 10.5. The van der Waals surface area contributed by atoms with Crippen LogP contribution in [0.25, 0.3) is 0 Å². The van der Waals surface area contributed by atoms with Crippen LogP contribution >= 0.6 is 0 Å². The molecule has 0 amide bonds. The third-order valence-corrected chi connectivity index (χ3v) is 4.30. The second kappa shape index (κ2) is 5.45. The van der Waals surface area contributed by atoms with Crippen LogP contribution in [0.3, 0.4) is 0 Å². The molecule has 0 fully saturated rings. The summed E-state index contributed by atoms with van der Waals surface area (Å²) in [5.74, 6) is 0. The second-order valence-electron chi connectivity index (χ2n) is 4.25. The Kier molecular flexibility index (Phi) is 4.42. The Morgan fingerprint density at radius 2 is 1.72 bits per heavy atom. The lowest BCUT2D eigenvalue weighted by molar-refractivity contribution is -0.521. The van der Waals surface area contributed by atoms with Gasteiger partial charge in [-0.05, 0) is 26.0 Å². The minimum Gasteiger partial charge on any atom is -0.264 e. The molecular weight excluding hydrogens is 256 g/mol. The Morgan fingerprint density at radius 3 is 2.17 bits per heavy atom. The van der Waals surface area contributed by atoms with Crippen molar-refractivity contribution >= 4 is 10.0 Å². The van der Waals surface area contributed by atoms with Crippen LogP contribution in [0.15, 0.2) is 29.2 Å². The van der Waals surface area contributed by atoms with E-state index in [4.69, 9.17) is 0 Å². The molecule has 0 saturated carbocycles. The van der Waals surface area contributed by atoms with Gasteiger partial charge in [0.25, 0.3) is 0 Å². The van der Waals surface area contributed by atoms with E-state index < -0.39 is 27.0 Å². The fourth-order valence-corrected chi connectivity index (χ4v) is 2.63. The van der Waals surface area contributed by atoms with Crippen LogP contribution in [-0.2, 0) is 10.0 Å². The molecule has 1 aromatic carbocycles. The topological polar surface area (TPSA) is 89.3 Å². The van der Waals surface area contributed by atoms with Gasteiger partial charge >= 0.3 is 0 Å². The summed E-state index contributed by atoms with van der Waals surface area (Å²) in [6, 6.07) is 4.55. The zero-order valence-corrected chi connectivity index (χ0v) is 11.3. The lowest BCUT2D eigenvalue weighted by Crippen LogP contribution is -2.43. The van der Waals surface area contributed by atoms with Gasteiger partial charge in [0, 0.05) is 11.8 Å². The Labute approximate surface area is 106 Å². The predicted octanol–water partition coefficient (Wildman–Crippen LogP) is 1.33. The third-order valence-electron chi connectivity index (χ3n) is 2.73. The molecule has 0 spiro atoms. The molecule has 0 aromatic heterocycles. The summed E-state index contributed by atoms with van der Waals surface area (Å²) in [5, 5.41) is 10.6. The molecule has 100 valence electrons. The van der Waals surface area contributed by atoms with Crippen LogP contribution < -0.4 is 4.72 Å². The number of hydrogen-bond acceptors (Lipinski definition) is 4. The maximum absolute atomic E-state index is 11.9. The first-order chi connectivity index (χ1) is 8.24.